The first-order chi connectivity index (χ1) is 14.4. The molecule has 3 rings (SSSR count). The SMILES string of the molecule is O=C(NCCCCOc1ccc(F)cc1)c1ccc(F)c(S(=O)(=O)N2CCCC2)c1. The van der Waals surface area contributed by atoms with Crippen LogP contribution >= 0.6 is 0 Å². The van der Waals surface area contributed by atoms with E-state index in [2.05, 4.69) is 5.32 Å². The van der Waals surface area contributed by atoms with Crippen LogP contribution in [0.1, 0.15) is 36.0 Å². The predicted molar refractivity (Wildman–Crippen MR) is 108 cm³/mol. The maximum Gasteiger partial charge on any atom is 0.251 e. The molecular weight excluding hydrogens is 414 g/mol. The van der Waals surface area contributed by atoms with Crippen molar-refractivity contribution in [3.8, 4) is 5.75 Å². The van der Waals surface area contributed by atoms with Crippen molar-refractivity contribution in [1.29, 1.82) is 0 Å². The molecule has 2 aromatic carbocycles. The number of benzene rings is 2. The molecule has 0 aromatic heterocycles. The number of halogens is 2. The van der Waals surface area contributed by atoms with E-state index in [1.807, 2.05) is 0 Å². The van der Waals surface area contributed by atoms with Crippen LogP contribution in [0, 0.1) is 11.6 Å². The normalized spacial score (nSPS) is 14.6. The summed E-state index contributed by atoms with van der Waals surface area (Å²) >= 11 is 0. The fourth-order valence-electron chi connectivity index (χ4n) is 3.16. The molecule has 1 N–H and O–H groups in total. The van der Waals surface area contributed by atoms with Crippen LogP contribution in [0.2, 0.25) is 0 Å². The van der Waals surface area contributed by atoms with E-state index in [1.165, 1.54) is 22.5 Å². The van der Waals surface area contributed by atoms with Gasteiger partial charge in [0.1, 0.15) is 22.3 Å². The van der Waals surface area contributed by atoms with E-state index in [-0.39, 0.29) is 11.4 Å². The molecule has 9 heteroatoms. The van der Waals surface area contributed by atoms with E-state index >= 15 is 0 Å². The van der Waals surface area contributed by atoms with Gasteiger partial charge in [0.05, 0.1) is 6.61 Å². The monoisotopic (exact) mass is 438 g/mol. The van der Waals surface area contributed by atoms with Gasteiger partial charge in [0.15, 0.2) is 0 Å². The predicted octanol–water partition coefficient (Wildman–Crippen LogP) is 3.34. The van der Waals surface area contributed by atoms with Gasteiger partial charge in [-0.2, -0.15) is 4.31 Å². The number of carbonyl (C=O) groups is 1. The number of nitrogens with zero attached hydrogens (tertiary/aromatic N) is 1. The maximum atomic E-state index is 14.2. The molecular formula is C21H24F2N2O4S. The molecule has 0 atom stereocenters. The lowest BCUT2D eigenvalue weighted by atomic mass is 10.2. The van der Waals surface area contributed by atoms with Gasteiger partial charge in [-0.15, -0.1) is 0 Å². The number of amides is 1. The summed E-state index contributed by atoms with van der Waals surface area (Å²) in [5.74, 6) is -1.09. The third kappa shape index (κ3) is 5.54. The molecule has 0 radical (unpaired) electrons. The lowest BCUT2D eigenvalue weighted by Crippen LogP contribution is -2.29. The third-order valence-corrected chi connectivity index (χ3v) is 6.73. The van der Waals surface area contributed by atoms with Gasteiger partial charge in [0, 0.05) is 25.2 Å². The van der Waals surface area contributed by atoms with E-state index in [9.17, 15) is 22.0 Å². The molecule has 0 saturated carbocycles. The number of unbranched alkanes of at least 4 members (excludes halogenated alkanes) is 1. The Hall–Kier alpha value is -2.52. The Morgan fingerprint density at radius 1 is 1.03 bits per heavy atom. The Balaban J connectivity index is 1.49. The number of hydrogen-bond acceptors (Lipinski definition) is 4. The Labute approximate surface area is 174 Å². The molecule has 2 aromatic rings. The second kappa shape index (κ2) is 9.99. The minimum atomic E-state index is -3.95. The van der Waals surface area contributed by atoms with Crippen LogP contribution in [0.3, 0.4) is 0 Å². The molecule has 6 nitrogen and oxygen atoms in total. The minimum absolute atomic E-state index is 0.0942. The van der Waals surface area contributed by atoms with E-state index < -0.39 is 26.6 Å². The van der Waals surface area contributed by atoms with E-state index in [4.69, 9.17) is 4.74 Å². The fraction of sp³-hybridized carbons (Fsp3) is 0.381. The first-order valence-corrected chi connectivity index (χ1v) is 11.3. The van der Waals surface area contributed by atoms with Gasteiger partial charge in [-0.25, -0.2) is 17.2 Å². The van der Waals surface area contributed by atoms with E-state index in [1.54, 1.807) is 12.1 Å². The summed E-state index contributed by atoms with van der Waals surface area (Å²) in [5, 5.41) is 2.70. The van der Waals surface area contributed by atoms with Crippen LogP contribution in [-0.4, -0.2) is 44.9 Å². The summed E-state index contributed by atoms with van der Waals surface area (Å²) in [5.41, 5.74) is 0.0942. The zero-order chi connectivity index (χ0) is 21.6. The first-order valence-electron chi connectivity index (χ1n) is 9.84. The molecule has 30 heavy (non-hydrogen) atoms. The number of carbonyl (C=O) groups excluding carboxylic acids is 1. The highest BCUT2D eigenvalue weighted by Gasteiger charge is 2.30. The van der Waals surface area contributed by atoms with Crippen LogP contribution in [0.4, 0.5) is 8.78 Å². The molecule has 0 bridgehead atoms. The van der Waals surface area contributed by atoms with Crippen molar-refractivity contribution in [2.24, 2.45) is 0 Å². The molecule has 1 amide bonds. The van der Waals surface area contributed by atoms with Crippen LogP contribution in [0.15, 0.2) is 47.4 Å². The second-order valence-corrected chi connectivity index (χ2v) is 8.93. The largest absolute Gasteiger partial charge is 0.494 e. The zero-order valence-electron chi connectivity index (χ0n) is 16.4. The molecule has 0 unspecified atom stereocenters. The van der Waals surface area contributed by atoms with Crippen molar-refractivity contribution in [3.05, 3.63) is 59.7 Å². The third-order valence-electron chi connectivity index (χ3n) is 4.82. The fourth-order valence-corrected chi connectivity index (χ4v) is 4.77. The van der Waals surface area contributed by atoms with Crippen LogP contribution < -0.4 is 10.1 Å². The Morgan fingerprint density at radius 2 is 1.73 bits per heavy atom. The first kappa shape index (κ1) is 22.2. The van der Waals surface area contributed by atoms with Crippen LogP contribution in [0.25, 0.3) is 0 Å². The van der Waals surface area contributed by atoms with Gasteiger partial charge < -0.3 is 10.1 Å². The Kier molecular flexibility index (Phi) is 7.38. The van der Waals surface area contributed by atoms with Crippen molar-refractivity contribution in [1.82, 2.24) is 9.62 Å². The van der Waals surface area contributed by atoms with Crippen molar-refractivity contribution < 1.29 is 26.7 Å². The smallest absolute Gasteiger partial charge is 0.251 e. The summed E-state index contributed by atoms with van der Waals surface area (Å²) in [6.45, 7) is 1.49. The quantitative estimate of drug-likeness (QED) is 0.610. The van der Waals surface area contributed by atoms with Crippen molar-refractivity contribution in [2.75, 3.05) is 26.2 Å². The maximum absolute atomic E-state index is 14.2. The lowest BCUT2D eigenvalue weighted by Gasteiger charge is -2.16. The lowest BCUT2D eigenvalue weighted by molar-refractivity contribution is 0.0952. The molecule has 1 heterocycles. The summed E-state index contributed by atoms with van der Waals surface area (Å²) in [7, 11) is -3.95. The van der Waals surface area contributed by atoms with Crippen molar-refractivity contribution >= 4 is 15.9 Å². The van der Waals surface area contributed by atoms with Crippen LogP contribution in [0.5, 0.6) is 5.75 Å². The van der Waals surface area contributed by atoms with Crippen LogP contribution in [-0.2, 0) is 10.0 Å². The molecule has 0 spiro atoms. The Morgan fingerprint density at radius 3 is 2.43 bits per heavy atom. The topological polar surface area (TPSA) is 75.7 Å². The summed E-state index contributed by atoms with van der Waals surface area (Å²) in [6.07, 6.45) is 2.78. The summed E-state index contributed by atoms with van der Waals surface area (Å²) in [6, 6.07) is 9.08. The highest BCUT2D eigenvalue weighted by Crippen LogP contribution is 2.24. The molecule has 1 aliphatic heterocycles. The number of ether oxygens (including phenoxy) is 1. The number of rotatable bonds is 9. The van der Waals surface area contributed by atoms with Gasteiger partial charge in [-0.1, -0.05) is 0 Å². The molecule has 0 aliphatic carbocycles. The number of sulfonamides is 1. The van der Waals surface area contributed by atoms with E-state index in [0.717, 1.165) is 25.0 Å². The summed E-state index contributed by atoms with van der Waals surface area (Å²) in [4.78, 5) is 11.9. The van der Waals surface area contributed by atoms with Gasteiger partial charge in [0.25, 0.3) is 5.91 Å². The second-order valence-electron chi connectivity index (χ2n) is 7.02. The summed E-state index contributed by atoms with van der Waals surface area (Å²) < 4.78 is 58.9. The molecule has 162 valence electrons. The van der Waals surface area contributed by atoms with Crippen molar-refractivity contribution in [2.45, 2.75) is 30.6 Å². The molecule has 1 fully saturated rings. The van der Waals surface area contributed by atoms with Gasteiger partial charge in [-0.05, 0) is 68.1 Å². The van der Waals surface area contributed by atoms with Crippen molar-refractivity contribution in [3.63, 3.8) is 0 Å². The molecule has 1 aliphatic rings. The number of hydrogen-bond donors (Lipinski definition) is 1. The zero-order valence-corrected chi connectivity index (χ0v) is 17.3. The van der Waals surface area contributed by atoms with E-state index in [0.29, 0.717) is 44.8 Å². The number of nitrogens with one attached hydrogen (secondary N) is 1. The van der Waals surface area contributed by atoms with Gasteiger partial charge >= 0.3 is 0 Å². The minimum Gasteiger partial charge on any atom is -0.494 e. The van der Waals surface area contributed by atoms with Gasteiger partial charge in [0.2, 0.25) is 10.0 Å². The Bertz CT molecular complexity index is 975. The highest BCUT2D eigenvalue weighted by molar-refractivity contribution is 7.89. The standard InChI is InChI=1S/C21H24F2N2O4S/c22-17-6-8-18(9-7-17)29-14-4-1-11-24-21(26)16-5-10-19(23)20(15-16)30(27,28)25-12-2-3-13-25/h5-10,15H,1-4,11-14H2,(H,24,26). The molecule has 1 saturated heterocycles. The average Bonchev–Trinajstić information content (AvgIpc) is 3.28. The average molecular weight is 438 g/mol. The van der Waals surface area contributed by atoms with Gasteiger partial charge in [-0.3, -0.25) is 4.79 Å². The highest BCUT2D eigenvalue weighted by atomic mass is 32.2.